The van der Waals surface area contributed by atoms with E-state index in [9.17, 15) is 15.0 Å². The van der Waals surface area contributed by atoms with Gasteiger partial charge in [0, 0.05) is 11.1 Å². The molecule has 1 unspecified atom stereocenters. The Morgan fingerprint density at radius 3 is 2.61 bits per heavy atom. The van der Waals surface area contributed by atoms with Crippen LogP contribution in [-0.4, -0.2) is 42.7 Å². The van der Waals surface area contributed by atoms with Crippen molar-refractivity contribution >= 4 is 29.8 Å². The van der Waals surface area contributed by atoms with Crippen LogP contribution in [0.3, 0.4) is 0 Å². The number of hydrazone groups is 1. The number of hydrogen-bond acceptors (Lipinski definition) is 6. The maximum absolute atomic E-state index is 12.1. The normalized spacial score (nSPS) is 12.3. The Balaban J connectivity index is 2.23. The number of benzene rings is 2. The Bertz CT molecular complexity index is 910. The van der Waals surface area contributed by atoms with E-state index < -0.39 is 12.0 Å². The van der Waals surface area contributed by atoms with Crippen molar-refractivity contribution in [2.24, 2.45) is 5.10 Å². The van der Waals surface area contributed by atoms with Crippen molar-refractivity contribution in [1.82, 2.24) is 5.43 Å². The molecule has 148 valence electrons. The van der Waals surface area contributed by atoms with Gasteiger partial charge in [0.1, 0.15) is 5.75 Å². The van der Waals surface area contributed by atoms with Crippen LogP contribution in [0.5, 0.6) is 17.2 Å². The van der Waals surface area contributed by atoms with Gasteiger partial charge in [0.05, 0.1) is 31.6 Å². The molecule has 2 aromatic carbocycles. The van der Waals surface area contributed by atoms with E-state index in [1.165, 1.54) is 38.6 Å². The number of nitrogens with zero attached hydrogens (tertiary/aromatic N) is 1. The van der Waals surface area contributed by atoms with Crippen LogP contribution in [0.1, 0.15) is 28.4 Å². The Morgan fingerprint density at radius 1 is 1.25 bits per heavy atom. The number of hydrogen-bond donors (Lipinski definition) is 3. The first-order valence-electron chi connectivity index (χ1n) is 8.30. The minimum absolute atomic E-state index is 0.0751. The minimum Gasteiger partial charge on any atom is -0.506 e. The summed E-state index contributed by atoms with van der Waals surface area (Å²) in [6, 6.07) is 7.58. The van der Waals surface area contributed by atoms with Gasteiger partial charge in [-0.1, -0.05) is 23.8 Å². The summed E-state index contributed by atoms with van der Waals surface area (Å²) in [5.74, 6) is 0.408. The molecule has 0 bridgehead atoms. The Morgan fingerprint density at radius 2 is 2.00 bits per heavy atom. The third-order valence-corrected chi connectivity index (χ3v) is 3.98. The number of amides is 1. The van der Waals surface area contributed by atoms with E-state index in [4.69, 9.17) is 21.1 Å². The molecule has 1 amide bonds. The van der Waals surface area contributed by atoms with Gasteiger partial charge in [-0.25, -0.2) is 5.43 Å². The lowest BCUT2D eigenvalue weighted by Gasteiger charge is -2.12. The molecular formula is C20H21ClN2O5. The number of phenolic OH excluding ortho intramolecular Hbond substituents is 1. The highest BCUT2D eigenvalue weighted by atomic mass is 35.5. The van der Waals surface area contributed by atoms with Crippen LogP contribution in [0.25, 0.3) is 6.08 Å². The average Bonchev–Trinajstić information content (AvgIpc) is 2.67. The largest absolute Gasteiger partial charge is 0.506 e. The molecule has 3 N–H and O–H groups in total. The van der Waals surface area contributed by atoms with Crippen LogP contribution in [0, 0.1) is 0 Å². The second-order valence-electron chi connectivity index (χ2n) is 5.81. The van der Waals surface area contributed by atoms with Crippen molar-refractivity contribution in [3.05, 3.63) is 58.1 Å². The first kappa shape index (κ1) is 21.3. The quantitative estimate of drug-likeness (QED) is 0.486. The Labute approximate surface area is 167 Å². The van der Waals surface area contributed by atoms with Gasteiger partial charge in [-0.15, -0.1) is 0 Å². The molecular weight excluding hydrogens is 384 g/mol. The number of aromatic hydroxyl groups is 1. The van der Waals surface area contributed by atoms with Gasteiger partial charge in [0.2, 0.25) is 0 Å². The molecule has 7 nitrogen and oxygen atoms in total. The molecule has 0 radical (unpaired) electrons. The highest BCUT2D eigenvalue weighted by molar-refractivity contribution is 6.32. The van der Waals surface area contributed by atoms with Gasteiger partial charge in [-0.05, 0) is 42.8 Å². The van der Waals surface area contributed by atoms with Crippen LogP contribution in [0.4, 0.5) is 0 Å². The van der Waals surface area contributed by atoms with Gasteiger partial charge in [-0.3, -0.25) is 4.79 Å². The molecule has 0 aliphatic rings. The molecule has 0 aliphatic carbocycles. The second kappa shape index (κ2) is 9.77. The van der Waals surface area contributed by atoms with Crippen LogP contribution < -0.4 is 14.9 Å². The minimum atomic E-state index is -0.621. The number of phenols is 1. The summed E-state index contributed by atoms with van der Waals surface area (Å²) in [6.45, 7) is 1.64. The second-order valence-corrected chi connectivity index (χ2v) is 6.22. The molecule has 0 heterocycles. The summed E-state index contributed by atoms with van der Waals surface area (Å²) < 4.78 is 10.7. The summed E-state index contributed by atoms with van der Waals surface area (Å²) in [5.41, 5.74) is 3.97. The van der Waals surface area contributed by atoms with E-state index in [1.54, 1.807) is 31.2 Å². The van der Waals surface area contributed by atoms with E-state index in [0.29, 0.717) is 22.6 Å². The highest BCUT2D eigenvalue weighted by Crippen LogP contribution is 2.33. The molecule has 2 aromatic rings. The fourth-order valence-corrected chi connectivity index (χ4v) is 2.52. The maximum atomic E-state index is 12.1. The molecule has 0 aliphatic heterocycles. The van der Waals surface area contributed by atoms with Crippen LogP contribution in [-0.2, 0) is 0 Å². The number of aliphatic hydroxyl groups excluding tert-OH is 1. The number of halogens is 1. The first-order chi connectivity index (χ1) is 13.3. The predicted octanol–water partition coefficient (Wildman–Crippen LogP) is 3.22. The number of ether oxygens (including phenoxy) is 2. The van der Waals surface area contributed by atoms with Gasteiger partial charge >= 0.3 is 0 Å². The Hall–Kier alpha value is -3.03. The summed E-state index contributed by atoms with van der Waals surface area (Å²) in [4.78, 5) is 12.1. The number of carbonyl (C=O) groups is 1. The summed E-state index contributed by atoms with van der Waals surface area (Å²) in [5, 5.41) is 22.9. The standard InChI is InChI=1S/C20H21ClN2O5/c1-12(24)4-5-14-8-13(9-18(27-2)19(14)28-3)11-22-23-20(26)15-6-7-17(25)16(21)10-15/h4-12,24-25H,1-3H3,(H,23,26)/b5-4+,22-11+. The number of carbonyl (C=O) groups excluding carboxylic acids is 1. The molecule has 8 heteroatoms. The molecule has 0 saturated heterocycles. The van der Waals surface area contributed by atoms with Gasteiger partial charge in [0.15, 0.2) is 11.5 Å². The fraction of sp³-hybridized carbons (Fsp3) is 0.200. The molecule has 28 heavy (non-hydrogen) atoms. The topological polar surface area (TPSA) is 100 Å². The van der Waals surface area contributed by atoms with Crippen molar-refractivity contribution in [3.63, 3.8) is 0 Å². The number of rotatable bonds is 7. The lowest BCUT2D eigenvalue weighted by atomic mass is 10.1. The number of nitrogens with one attached hydrogen (secondary N) is 1. The van der Waals surface area contributed by atoms with Crippen molar-refractivity contribution in [1.29, 1.82) is 0 Å². The van der Waals surface area contributed by atoms with Crippen molar-refractivity contribution in [3.8, 4) is 17.2 Å². The summed E-state index contributed by atoms with van der Waals surface area (Å²) >= 11 is 5.80. The zero-order valence-electron chi connectivity index (χ0n) is 15.6. The fourth-order valence-electron chi connectivity index (χ4n) is 2.34. The Kier molecular flexibility index (Phi) is 7.43. The maximum Gasteiger partial charge on any atom is 0.271 e. The van der Waals surface area contributed by atoms with Crippen LogP contribution >= 0.6 is 11.6 Å². The van der Waals surface area contributed by atoms with E-state index in [0.717, 1.165) is 0 Å². The SMILES string of the molecule is COc1cc(/C=N/NC(=O)c2ccc(O)c(Cl)c2)cc(/C=C/C(C)O)c1OC. The zero-order chi connectivity index (χ0) is 20.7. The van der Waals surface area contributed by atoms with Gasteiger partial charge in [-0.2, -0.15) is 5.10 Å². The van der Waals surface area contributed by atoms with E-state index >= 15 is 0 Å². The van der Waals surface area contributed by atoms with E-state index in [2.05, 4.69) is 10.5 Å². The molecule has 0 fully saturated rings. The predicted molar refractivity (Wildman–Crippen MR) is 108 cm³/mol. The van der Waals surface area contributed by atoms with E-state index in [1.807, 2.05) is 0 Å². The van der Waals surface area contributed by atoms with Gasteiger partial charge < -0.3 is 19.7 Å². The van der Waals surface area contributed by atoms with E-state index in [-0.39, 0.29) is 16.3 Å². The lowest BCUT2D eigenvalue weighted by molar-refractivity contribution is 0.0955. The lowest BCUT2D eigenvalue weighted by Crippen LogP contribution is -2.17. The van der Waals surface area contributed by atoms with Crippen LogP contribution in [0.15, 0.2) is 41.5 Å². The van der Waals surface area contributed by atoms with Crippen molar-refractivity contribution in [2.45, 2.75) is 13.0 Å². The van der Waals surface area contributed by atoms with Gasteiger partial charge in [0.25, 0.3) is 5.91 Å². The third-order valence-electron chi connectivity index (χ3n) is 3.67. The average molecular weight is 405 g/mol. The summed E-state index contributed by atoms with van der Waals surface area (Å²) in [6.07, 6.45) is 4.14. The monoisotopic (exact) mass is 404 g/mol. The first-order valence-corrected chi connectivity index (χ1v) is 8.67. The molecule has 0 saturated carbocycles. The number of aliphatic hydroxyl groups is 1. The van der Waals surface area contributed by atoms with Crippen molar-refractivity contribution in [2.75, 3.05) is 14.2 Å². The molecule has 0 spiro atoms. The summed E-state index contributed by atoms with van der Waals surface area (Å²) in [7, 11) is 3.03. The highest BCUT2D eigenvalue weighted by Gasteiger charge is 2.11. The molecule has 1 atom stereocenters. The van der Waals surface area contributed by atoms with Crippen molar-refractivity contribution < 1.29 is 24.5 Å². The van der Waals surface area contributed by atoms with Crippen LogP contribution in [0.2, 0.25) is 5.02 Å². The number of methoxy groups -OCH3 is 2. The third kappa shape index (κ3) is 5.48. The zero-order valence-corrected chi connectivity index (χ0v) is 16.4. The molecule has 0 aromatic heterocycles. The smallest absolute Gasteiger partial charge is 0.271 e. The molecule has 2 rings (SSSR count).